The molecule has 4 nitrogen and oxygen atoms in total. The van der Waals surface area contributed by atoms with E-state index in [1.807, 2.05) is 0 Å². The first-order valence-corrected chi connectivity index (χ1v) is 6.08. The third-order valence-corrected chi connectivity index (χ3v) is 4.86. The Kier molecular flexibility index (Phi) is 2.03. The van der Waals surface area contributed by atoms with Gasteiger partial charge in [-0.2, -0.15) is 0 Å². The largest absolute Gasteiger partial charge is 0.465 e. The van der Waals surface area contributed by atoms with Crippen molar-refractivity contribution in [3.8, 4) is 0 Å². The first kappa shape index (κ1) is 10.1. The van der Waals surface area contributed by atoms with Gasteiger partial charge >= 0.3 is 6.09 Å². The van der Waals surface area contributed by atoms with E-state index in [2.05, 4.69) is 5.32 Å². The zero-order valence-corrected chi connectivity index (χ0v) is 9.19. The van der Waals surface area contributed by atoms with Crippen LogP contribution in [0.3, 0.4) is 0 Å². The Morgan fingerprint density at radius 2 is 1.88 bits per heavy atom. The van der Waals surface area contributed by atoms with Gasteiger partial charge < -0.3 is 15.2 Å². The average molecular weight is 223 g/mol. The van der Waals surface area contributed by atoms with Crippen molar-refractivity contribution in [2.75, 3.05) is 0 Å². The number of rotatable bonds is 2. The van der Waals surface area contributed by atoms with Gasteiger partial charge in [-0.05, 0) is 49.9 Å². The Morgan fingerprint density at radius 1 is 1.25 bits per heavy atom. The first-order valence-electron chi connectivity index (χ1n) is 6.08. The SMILES string of the molecule is O=CC12CC3CC(C1)C(NC(=O)O)C(C3)C2. The van der Waals surface area contributed by atoms with Crippen LogP contribution in [-0.2, 0) is 4.79 Å². The highest BCUT2D eigenvalue weighted by atomic mass is 16.4. The Morgan fingerprint density at radius 3 is 2.38 bits per heavy atom. The van der Waals surface area contributed by atoms with Crippen molar-refractivity contribution in [3.05, 3.63) is 0 Å². The van der Waals surface area contributed by atoms with Crippen LogP contribution in [0, 0.1) is 23.2 Å². The van der Waals surface area contributed by atoms with Gasteiger partial charge in [0.25, 0.3) is 0 Å². The summed E-state index contributed by atoms with van der Waals surface area (Å²) in [5, 5.41) is 11.5. The fourth-order valence-electron chi connectivity index (χ4n) is 4.61. The fraction of sp³-hybridized carbons (Fsp3) is 0.833. The lowest BCUT2D eigenvalue weighted by Gasteiger charge is -2.58. The van der Waals surface area contributed by atoms with Crippen LogP contribution in [-0.4, -0.2) is 23.5 Å². The molecular formula is C12H17NO3. The van der Waals surface area contributed by atoms with Crippen LogP contribution < -0.4 is 5.32 Å². The predicted molar refractivity (Wildman–Crippen MR) is 57.0 cm³/mol. The van der Waals surface area contributed by atoms with Crippen molar-refractivity contribution in [1.29, 1.82) is 0 Å². The molecule has 4 aliphatic carbocycles. The Labute approximate surface area is 94.4 Å². The molecule has 0 spiro atoms. The molecule has 4 saturated carbocycles. The molecule has 4 aliphatic rings. The Hall–Kier alpha value is -1.06. The van der Waals surface area contributed by atoms with Gasteiger partial charge in [0, 0.05) is 11.5 Å². The summed E-state index contributed by atoms with van der Waals surface area (Å²) in [5.74, 6) is 1.45. The van der Waals surface area contributed by atoms with Gasteiger partial charge in [-0.1, -0.05) is 0 Å². The minimum atomic E-state index is -0.919. The number of aldehydes is 1. The van der Waals surface area contributed by atoms with E-state index in [-0.39, 0.29) is 11.5 Å². The standard InChI is InChI=1S/C12H17NO3/c14-6-12-3-7-1-8(4-12)10(13-11(15)16)9(2-7)5-12/h6-10,13H,1-5H2,(H,15,16). The van der Waals surface area contributed by atoms with E-state index in [9.17, 15) is 9.59 Å². The molecule has 0 aliphatic heterocycles. The number of hydrogen-bond acceptors (Lipinski definition) is 2. The summed E-state index contributed by atoms with van der Waals surface area (Å²) < 4.78 is 0. The fourth-order valence-corrected chi connectivity index (χ4v) is 4.61. The van der Waals surface area contributed by atoms with Crippen molar-refractivity contribution in [2.45, 2.75) is 38.1 Å². The molecule has 0 aromatic carbocycles. The summed E-state index contributed by atoms with van der Waals surface area (Å²) in [7, 11) is 0. The summed E-state index contributed by atoms with van der Waals surface area (Å²) in [6, 6.07) is 0.0992. The highest BCUT2D eigenvalue weighted by molar-refractivity contribution is 5.65. The van der Waals surface area contributed by atoms with Crippen LogP contribution in [0.1, 0.15) is 32.1 Å². The summed E-state index contributed by atoms with van der Waals surface area (Å²) >= 11 is 0. The van der Waals surface area contributed by atoms with Crippen LogP contribution in [0.2, 0.25) is 0 Å². The number of carbonyl (C=O) groups is 2. The van der Waals surface area contributed by atoms with Crippen LogP contribution in [0.5, 0.6) is 0 Å². The van der Waals surface area contributed by atoms with E-state index in [4.69, 9.17) is 5.11 Å². The van der Waals surface area contributed by atoms with Crippen molar-refractivity contribution < 1.29 is 14.7 Å². The summed E-state index contributed by atoms with van der Waals surface area (Å²) in [6.07, 6.45) is 5.29. The van der Waals surface area contributed by atoms with Gasteiger partial charge in [0.1, 0.15) is 6.29 Å². The van der Waals surface area contributed by atoms with Gasteiger partial charge in [0.05, 0.1) is 0 Å². The molecule has 0 saturated heterocycles. The monoisotopic (exact) mass is 223 g/mol. The maximum absolute atomic E-state index is 11.3. The Balaban J connectivity index is 1.84. The minimum Gasteiger partial charge on any atom is -0.465 e. The van der Waals surface area contributed by atoms with Crippen molar-refractivity contribution >= 4 is 12.4 Å². The van der Waals surface area contributed by atoms with Gasteiger partial charge in [0.2, 0.25) is 0 Å². The molecule has 1 amide bonds. The number of carboxylic acid groups (broad SMARTS) is 1. The average Bonchev–Trinajstić information content (AvgIpc) is 2.22. The second-order valence-electron chi connectivity index (χ2n) is 5.93. The normalized spacial score (nSPS) is 49.0. The maximum Gasteiger partial charge on any atom is 0.404 e. The Bertz CT molecular complexity index is 325. The quantitative estimate of drug-likeness (QED) is 0.699. The van der Waals surface area contributed by atoms with Crippen LogP contribution >= 0.6 is 0 Å². The molecule has 2 unspecified atom stereocenters. The van der Waals surface area contributed by atoms with E-state index in [1.54, 1.807) is 0 Å². The van der Waals surface area contributed by atoms with E-state index in [0.29, 0.717) is 17.8 Å². The molecule has 0 aromatic rings. The molecule has 4 fully saturated rings. The highest BCUT2D eigenvalue weighted by Gasteiger charge is 2.55. The summed E-state index contributed by atoms with van der Waals surface area (Å²) in [5.41, 5.74) is -0.104. The van der Waals surface area contributed by atoms with Crippen molar-refractivity contribution in [1.82, 2.24) is 5.32 Å². The number of nitrogens with one attached hydrogen (secondary N) is 1. The lowest BCUT2D eigenvalue weighted by Crippen LogP contribution is -2.59. The first-order chi connectivity index (χ1) is 7.62. The third kappa shape index (κ3) is 1.35. The zero-order valence-electron chi connectivity index (χ0n) is 9.19. The molecule has 4 heteroatoms. The van der Waals surface area contributed by atoms with Crippen LogP contribution in [0.4, 0.5) is 4.79 Å². The van der Waals surface area contributed by atoms with Crippen molar-refractivity contribution in [3.63, 3.8) is 0 Å². The third-order valence-electron chi connectivity index (χ3n) is 4.86. The molecule has 2 atom stereocenters. The van der Waals surface area contributed by atoms with Gasteiger partial charge in [-0.25, -0.2) is 4.79 Å². The second-order valence-corrected chi connectivity index (χ2v) is 5.93. The van der Waals surface area contributed by atoms with Gasteiger partial charge in [-0.3, -0.25) is 0 Å². The molecule has 0 heterocycles. The zero-order chi connectivity index (χ0) is 11.3. The molecule has 0 radical (unpaired) electrons. The predicted octanol–water partition coefficient (Wildman–Crippen LogP) is 1.65. The van der Waals surface area contributed by atoms with E-state index < -0.39 is 6.09 Å². The molecule has 4 bridgehead atoms. The summed E-state index contributed by atoms with van der Waals surface area (Å²) in [6.45, 7) is 0. The summed E-state index contributed by atoms with van der Waals surface area (Å²) in [4.78, 5) is 22.0. The van der Waals surface area contributed by atoms with E-state index in [1.165, 1.54) is 0 Å². The highest BCUT2D eigenvalue weighted by Crippen LogP contribution is 2.59. The van der Waals surface area contributed by atoms with E-state index in [0.717, 1.165) is 38.4 Å². The van der Waals surface area contributed by atoms with Gasteiger partial charge in [-0.15, -0.1) is 0 Å². The molecular weight excluding hydrogens is 206 g/mol. The molecule has 2 N–H and O–H groups in total. The molecule has 88 valence electrons. The van der Waals surface area contributed by atoms with Gasteiger partial charge in [0.15, 0.2) is 0 Å². The molecule has 16 heavy (non-hydrogen) atoms. The van der Waals surface area contributed by atoms with Crippen LogP contribution in [0.25, 0.3) is 0 Å². The second kappa shape index (κ2) is 3.22. The maximum atomic E-state index is 11.3. The molecule has 0 aromatic heterocycles. The minimum absolute atomic E-state index is 0.0992. The number of amides is 1. The topological polar surface area (TPSA) is 66.4 Å². The number of hydrogen-bond donors (Lipinski definition) is 2. The van der Waals surface area contributed by atoms with Crippen molar-refractivity contribution in [2.24, 2.45) is 23.2 Å². The van der Waals surface area contributed by atoms with Crippen LogP contribution in [0.15, 0.2) is 0 Å². The molecule has 4 rings (SSSR count). The van der Waals surface area contributed by atoms with E-state index >= 15 is 0 Å². The lowest BCUT2D eigenvalue weighted by molar-refractivity contribution is -0.133. The smallest absolute Gasteiger partial charge is 0.404 e. The number of carbonyl (C=O) groups excluding carboxylic acids is 1. The lowest BCUT2D eigenvalue weighted by atomic mass is 9.48.